The molecule has 0 aliphatic rings. The Kier molecular flexibility index (Phi) is 2.31. The second-order valence-electron chi connectivity index (χ2n) is 3.71. The topological polar surface area (TPSA) is 69.1 Å². The summed E-state index contributed by atoms with van der Waals surface area (Å²) >= 11 is 0. The van der Waals surface area contributed by atoms with Crippen LogP contribution in [0.4, 0.5) is 0 Å². The van der Waals surface area contributed by atoms with Crippen molar-refractivity contribution in [2.24, 2.45) is 5.73 Å². The first-order valence-electron chi connectivity index (χ1n) is 5.33. The standard InChI is InChI=1S/C12H11N5/c13-8-9-2-4-10(5-3-9)11-15-16-12-14-6-1-7-17(11)12/h1-7H,8,13H2. The van der Waals surface area contributed by atoms with Crippen LogP contribution in [0, 0.1) is 0 Å². The maximum atomic E-state index is 5.57. The third-order valence-electron chi connectivity index (χ3n) is 2.64. The molecule has 0 saturated heterocycles. The SMILES string of the molecule is NCc1ccc(-c2nnc3ncccn23)cc1. The number of fused-ring (bicyclic) bond motifs is 1. The quantitative estimate of drug-likeness (QED) is 0.712. The molecule has 0 atom stereocenters. The molecule has 0 saturated carbocycles. The molecule has 2 N–H and O–H groups in total. The smallest absolute Gasteiger partial charge is 0.255 e. The predicted molar refractivity (Wildman–Crippen MR) is 64.1 cm³/mol. The van der Waals surface area contributed by atoms with E-state index >= 15 is 0 Å². The highest BCUT2D eigenvalue weighted by molar-refractivity contribution is 5.58. The first-order chi connectivity index (χ1) is 8.38. The summed E-state index contributed by atoms with van der Waals surface area (Å²) in [6, 6.07) is 9.82. The minimum absolute atomic E-state index is 0.544. The van der Waals surface area contributed by atoms with Crippen molar-refractivity contribution in [3.63, 3.8) is 0 Å². The van der Waals surface area contributed by atoms with Gasteiger partial charge in [0.25, 0.3) is 5.78 Å². The normalized spacial score (nSPS) is 10.9. The van der Waals surface area contributed by atoms with Gasteiger partial charge in [0.05, 0.1) is 0 Å². The van der Waals surface area contributed by atoms with Gasteiger partial charge < -0.3 is 5.73 Å². The fraction of sp³-hybridized carbons (Fsp3) is 0.0833. The zero-order chi connectivity index (χ0) is 11.7. The highest BCUT2D eigenvalue weighted by atomic mass is 15.3. The van der Waals surface area contributed by atoms with Gasteiger partial charge in [0, 0.05) is 24.5 Å². The van der Waals surface area contributed by atoms with Crippen molar-refractivity contribution < 1.29 is 0 Å². The van der Waals surface area contributed by atoms with Crippen molar-refractivity contribution in [3.05, 3.63) is 48.3 Å². The Hall–Kier alpha value is -2.27. The van der Waals surface area contributed by atoms with E-state index in [4.69, 9.17) is 5.73 Å². The van der Waals surface area contributed by atoms with Crippen LogP contribution in [0.1, 0.15) is 5.56 Å². The molecule has 0 aliphatic heterocycles. The van der Waals surface area contributed by atoms with Gasteiger partial charge in [-0.15, -0.1) is 10.2 Å². The summed E-state index contributed by atoms with van der Waals surface area (Å²) in [5.74, 6) is 1.39. The number of benzene rings is 1. The minimum atomic E-state index is 0.544. The molecule has 1 aromatic carbocycles. The summed E-state index contributed by atoms with van der Waals surface area (Å²) in [4.78, 5) is 4.13. The molecule has 0 radical (unpaired) electrons. The molecule has 0 aliphatic carbocycles. The van der Waals surface area contributed by atoms with Crippen LogP contribution in [0.2, 0.25) is 0 Å². The van der Waals surface area contributed by atoms with Crippen molar-refractivity contribution in [3.8, 4) is 11.4 Å². The lowest BCUT2D eigenvalue weighted by molar-refractivity contribution is 1.07. The fourth-order valence-electron chi connectivity index (χ4n) is 1.73. The van der Waals surface area contributed by atoms with Crippen LogP contribution >= 0.6 is 0 Å². The fourth-order valence-corrected chi connectivity index (χ4v) is 1.73. The van der Waals surface area contributed by atoms with Gasteiger partial charge in [-0.1, -0.05) is 24.3 Å². The Morgan fingerprint density at radius 1 is 1.12 bits per heavy atom. The van der Waals surface area contributed by atoms with Crippen LogP contribution in [-0.4, -0.2) is 19.6 Å². The second kappa shape index (κ2) is 3.95. The van der Waals surface area contributed by atoms with E-state index in [1.54, 1.807) is 6.20 Å². The van der Waals surface area contributed by atoms with E-state index in [-0.39, 0.29) is 0 Å². The van der Waals surface area contributed by atoms with E-state index in [1.165, 1.54) is 0 Å². The molecule has 5 nitrogen and oxygen atoms in total. The van der Waals surface area contributed by atoms with Crippen LogP contribution in [0.15, 0.2) is 42.7 Å². The molecule has 0 amide bonds. The predicted octanol–water partition coefficient (Wildman–Crippen LogP) is 1.25. The van der Waals surface area contributed by atoms with Crippen LogP contribution in [0.25, 0.3) is 17.2 Å². The van der Waals surface area contributed by atoms with Crippen LogP contribution in [0.5, 0.6) is 0 Å². The average Bonchev–Trinajstić information content (AvgIpc) is 2.83. The highest BCUT2D eigenvalue weighted by Crippen LogP contribution is 2.17. The van der Waals surface area contributed by atoms with Gasteiger partial charge in [0.15, 0.2) is 5.82 Å². The first kappa shape index (κ1) is 9.92. The molecule has 5 heteroatoms. The third kappa shape index (κ3) is 1.66. The zero-order valence-electron chi connectivity index (χ0n) is 9.11. The monoisotopic (exact) mass is 225 g/mol. The van der Waals surface area contributed by atoms with Crippen LogP contribution in [0.3, 0.4) is 0 Å². The third-order valence-corrected chi connectivity index (χ3v) is 2.64. The van der Waals surface area contributed by atoms with E-state index in [1.807, 2.05) is 40.9 Å². The summed E-state index contributed by atoms with van der Waals surface area (Å²) < 4.78 is 1.86. The van der Waals surface area contributed by atoms with Gasteiger partial charge in [-0.05, 0) is 11.6 Å². The number of aromatic nitrogens is 4. The van der Waals surface area contributed by atoms with Crippen molar-refractivity contribution in [1.82, 2.24) is 19.6 Å². The maximum Gasteiger partial charge on any atom is 0.255 e. The van der Waals surface area contributed by atoms with E-state index < -0.39 is 0 Å². The largest absolute Gasteiger partial charge is 0.326 e. The molecule has 84 valence electrons. The Bertz CT molecular complexity index is 641. The van der Waals surface area contributed by atoms with Gasteiger partial charge in [-0.25, -0.2) is 4.98 Å². The van der Waals surface area contributed by atoms with Crippen LogP contribution < -0.4 is 5.73 Å². The number of nitrogens with zero attached hydrogens (tertiary/aromatic N) is 4. The lowest BCUT2D eigenvalue weighted by atomic mass is 10.1. The van der Waals surface area contributed by atoms with Gasteiger partial charge >= 0.3 is 0 Å². The van der Waals surface area contributed by atoms with Gasteiger partial charge in [0.1, 0.15) is 0 Å². The van der Waals surface area contributed by atoms with Crippen LogP contribution in [-0.2, 0) is 6.54 Å². The number of hydrogen-bond acceptors (Lipinski definition) is 4. The van der Waals surface area contributed by atoms with Gasteiger partial charge in [-0.3, -0.25) is 4.40 Å². The maximum absolute atomic E-state index is 5.57. The first-order valence-corrected chi connectivity index (χ1v) is 5.33. The summed E-state index contributed by atoms with van der Waals surface area (Å²) in [5, 5.41) is 8.16. The Balaban J connectivity index is 2.13. The Morgan fingerprint density at radius 2 is 1.94 bits per heavy atom. The van der Waals surface area contributed by atoms with Gasteiger partial charge in [0.2, 0.25) is 0 Å². The van der Waals surface area contributed by atoms with E-state index in [0.717, 1.165) is 17.0 Å². The Morgan fingerprint density at radius 3 is 2.71 bits per heavy atom. The number of nitrogens with two attached hydrogens (primary N) is 1. The van der Waals surface area contributed by atoms with Crippen molar-refractivity contribution >= 4 is 5.78 Å². The lowest BCUT2D eigenvalue weighted by Crippen LogP contribution is -1.96. The molecule has 17 heavy (non-hydrogen) atoms. The lowest BCUT2D eigenvalue weighted by Gasteiger charge is -2.00. The van der Waals surface area contributed by atoms with E-state index in [2.05, 4.69) is 15.2 Å². The van der Waals surface area contributed by atoms with Gasteiger partial charge in [-0.2, -0.15) is 0 Å². The number of hydrogen-bond donors (Lipinski definition) is 1. The average molecular weight is 225 g/mol. The van der Waals surface area contributed by atoms with Crippen molar-refractivity contribution in [1.29, 1.82) is 0 Å². The molecular formula is C12H11N5. The zero-order valence-corrected chi connectivity index (χ0v) is 9.11. The highest BCUT2D eigenvalue weighted by Gasteiger charge is 2.07. The minimum Gasteiger partial charge on any atom is -0.326 e. The molecule has 2 aromatic heterocycles. The molecule has 3 aromatic rings. The van der Waals surface area contributed by atoms with E-state index in [9.17, 15) is 0 Å². The van der Waals surface area contributed by atoms with E-state index in [0.29, 0.717) is 12.3 Å². The Labute approximate surface area is 97.9 Å². The molecular weight excluding hydrogens is 214 g/mol. The molecule has 0 spiro atoms. The molecule has 0 bridgehead atoms. The summed E-state index contributed by atoms with van der Waals surface area (Å²) in [7, 11) is 0. The van der Waals surface area contributed by atoms with Crippen molar-refractivity contribution in [2.75, 3.05) is 0 Å². The molecule has 3 rings (SSSR count). The summed E-state index contributed by atoms with van der Waals surface area (Å²) in [5.41, 5.74) is 7.67. The summed E-state index contributed by atoms with van der Waals surface area (Å²) in [6.07, 6.45) is 3.60. The summed E-state index contributed by atoms with van der Waals surface area (Å²) in [6.45, 7) is 0.544. The molecule has 0 unspecified atom stereocenters. The molecule has 0 fully saturated rings. The number of rotatable bonds is 2. The molecule has 2 heterocycles. The van der Waals surface area contributed by atoms with Crippen molar-refractivity contribution in [2.45, 2.75) is 6.54 Å². The second-order valence-corrected chi connectivity index (χ2v) is 3.71.